The summed E-state index contributed by atoms with van der Waals surface area (Å²) in [5.74, 6) is 0. The Kier molecular flexibility index (Phi) is 1.66. The van der Waals surface area contributed by atoms with Crippen molar-refractivity contribution in [1.29, 1.82) is 0 Å². The number of furan rings is 1. The van der Waals surface area contributed by atoms with Crippen molar-refractivity contribution in [2.24, 2.45) is 0 Å². The first-order chi connectivity index (χ1) is 7.40. The highest BCUT2D eigenvalue weighted by atomic mass is 16.5. The first-order valence-electron chi connectivity index (χ1n) is 4.69. The first kappa shape index (κ1) is 8.32. The molecule has 0 saturated heterocycles. The standard InChI is InChI=1S/C12H9NO2/c14-13-10-7-15-11-6-5-8-3-1-2-4-9(8)12(10)11/h1-7,13-14H. The summed E-state index contributed by atoms with van der Waals surface area (Å²) >= 11 is 0. The smallest absolute Gasteiger partial charge is 0.136 e. The molecule has 3 heteroatoms. The third-order valence-corrected chi connectivity index (χ3v) is 2.58. The maximum Gasteiger partial charge on any atom is 0.136 e. The summed E-state index contributed by atoms with van der Waals surface area (Å²) < 4.78 is 5.33. The topological polar surface area (TPSA) is 45.4 Å². The molecule has 0 bridgehead atoms. The minimum absolute atomic E-state index is 0.599. The molecule has 0 aliphatic heterocycles. The lowest BCUT2D eigenvalue weighted by molar-refractivity contribution is 0.388. The Labute approximate surface area is 85.9 Å². The fraction of sp³-hybridized carbons (Fsp3) is 0. The molecule has 0 aliphatic rings. The maximum atomic E-state index is 8.97. The van der Waals surface area contributed by atoms with Gasteiger partial charge < -0.3 is 4.42 Å². The fourth-order valence-corrected chi connectivity index (χ4v) is 1.89. The van der Waals surface area contributed by atoms with Crippen molar-refractivity contribution in [2.45, 2.75) is 0 Å². The molecule has 0 amide bonds. The second kappa shape index (κ2) is 3.00. The van der Waals surface area contributed by atoms with Crippen LogP contribution in [-0.2, 0) is 0 Å². The lowest BCUT2D eigenvalue weighted by atomic mass is 10.1. The Morgan fingerprint density at radius 1 is 1.07 bits per heavy atom. The molecular formula is C12H9NO2. The van der Waals surface area contributed by atoms with Crippen LogP contribution in [0.4, 0.5) is 5.69 Å². The van der Waals surface area contributed by atoms with E-state index in [1.165, 1.54) is 6.26 Å². The van der Waals surface area contributed by atoms with Crippen molar-refractivity contribution in [2.75, 3.05) is 5.48 Å². The summed E-state index contributed by atoms with van der Waals surface area (Å²) in [4.78, 5) is 0. The Morgan fingerprint density at radius 3 is 2.80 bits per heavy atom. The lowest BCUT2D eigenvalue weighted by Gasteiger charge is -2.00. The van der Waals surface area contributed by atoms with Crippen LogP contribution in [0.2, 0.25) is 0 Å². The molecule has 0 spiro atoms. The van der Waals surface area contributed by atoms with E-state index in [1.807, 2.05) is 36.4 Å². The molecule has 0 fully saturated rings. The van der Waals surface area contributed by atoms with Gasteiger partial charge in [-0.15, -0.1) is 0 Å². The van der Waals surface area contributed by atoms with Crippen LogP contribution in [0.25, 0.3) is 21.7 Å². The van der Waals surface area contributed by atoms with Gasteiger partial charge in [-0.3, -0.25) is 10.7 Å². The van der Waals surface area contributed by atoms with Crippen molar-refractivity contribution >= 4 is 27.4 Å². The molecule has 2 N–H and O–H groups in total. The molecule has 0 saturated carbocycles. The van der Waals surface area contributed by atoms with E-state index in [2.05, 4.69) is 5.48 Å². The van der Waals surface area contributed by atoms with E-state index in [1.54, 1.807) is 0 Å². The molecule has 74 valence electrons. The van der Waals surface area contributed by atoms with E-state index in [0.717, 1.165) is 21.7 Å². The minimum Gasteiger partial charge on any atom is -0.462 e. The van der Waals surface area contributed by atoms with Crippen LogP contribution in [0.3, 0.4) is 0 Å². The number of nitrogens with one attached hydrogen (secondary N) is 1. The maximum absolute atomic E-state index is 8.97. The van der Waals surface area contributed by atoms with E-state index in [0.29, 0.717) is 5.69 Å². The Balaban J connectivity index is 2.56. The van der Waals surface area contributed by atoms with Crippen LogP contribution in [-0.4, -0.2) is 5.21 Å². The quantitative estimate of drug-likeness (QED) is 0.590. The van der Waals surface area contributed by atoms with Gasteiger partial charge in [0.15, 0.2) is 0 Å². The molecule has 2 aromatic carbocycles. The zero-order chi connectivity index (χ0) is 10.3. The second-order valence-corrected chi connectivity index (χ2v) is 3.42. The van der Waals surface area contributed by atoms with E-state index in [9.17, 15) is 0 Å². The predicted molar refractivity (Wildman–Crippen MR) is 59.1 cm³/mol. The van der Waals surface area contributed by atoms with Crippen LogP contribution in [0.1, 0.15) is 0 Å². The number of hydrogen-bond acceptors (Lipinski definition) is 3. The average molecular weight is 199 g/mol. The van der Waals surface area contributed by atoms with E-state index in [-0.39, 0.29) is 0 Å². The molecule has 0 radical (unpaired) electrons. The van der Waals surface area contributed by atoms with Crippen molar-refractivity contribution in [1.82, 2.24) is 0 Å². The van der Waals surface area contributed by atoms with E-state index < -0.39 is 0 Å². The highest BCUT2D eigenvalue weighted by Crippen LogP contribution is 2.32. The van der Waals surface area contributed by atoms with E-state index >= 15 is 0 Å². The molecular weight excluding hydrogens is 190 g/mol. The number of anilines is 1. The van der Waals surface area contributed by atoms with Crippen LogP contribution in [0, 0.1) is 0 Å². The van der Waals surface area contributed by atoms with Gasteiger partial charge in [0.05, 0.1) is 5.39 Å². The third-order valence-electron chi connectivity index (χ3n) is 2.58. The van der Waals surface area contributed by atoms with Gasteiger partial charge in [0.2, 0.25) is 0 Å². The molecule has 0 unspecified atom stereocenters. The number of hydrogen-bond donors (Lipinski definition) is 2. The second-order valence-electron chi connectivity index (χ2n) is 3.42. The fourth-order valence-electron chi connectivity index (χ4n) is 1.89. The van der Waals surface area contributed by atoms with Gasteiger partial charge in [0, 0.05) is 0 Å². The number of benzene rings is 2. The molecule has 3 nitrogen and oxygen atoms in total. The molecule has 3 aromatic rings. The highest BCUT2D eigenvalue weighted by Gasteiger charge is 2.08. The van der Waals surface area contributed by atoms with Crippen LogP contribution in [0.5, 0.6) is 0 Å². The van der Waals surface area contributed by atoms with Crippen molar-refractivity contribution in [3.05, 3.63) is 42.7 Å². The monoisotopic (exact) mass is 199 g/mol. The van der Waals surface area contributed by atoms with Crippen LogP contribution in [0.15, 0.2) is 47.1 Å². The minimum atomic E-state index is 0.599. The normalized spacial score (nSPS) is 11.0. The summed E-state index contributed by atoms with van der Waals surface area (Å²) in [5.41, 5.74) is 3.52. The summed E-state index contributed by atoms with van der Waals surface area (Å²) in [7, 11) is 0. The largest absolute Gasteiger partial charge is 0.462 e. The first-order valence-corrected chi connectivity index (χ1v) is 4.69. The van der Waals surface area contributed by atoms with Gasteiger partial charge in [0.25, 0.3) is 0 Å². The van der Waals surface area contributed by atoms with Crippen molar-refractivity contribution in [3.8, 4) is 0 Å². The summed E-state index contributed by atoms with van der Waals surface area (Å²) in [6, 6.07) is 11.9. The molecule has 1 heterocycles. The van der Waals surface area contributed by atoms with Crippen molar-refractivity contribution in [3.63, 3.8) is 0 Å². The Morgan fingerprint density at radius 2 is 1.93 bits per heavy atom. The Hall–Kier alpha value is -2.00. The van der Waals surface area contributed by atoms with Gasteiger partial charge in [0.1, 0.15) is 17.5 Å². The van der Waals surface area contributed by atoms with Crippen molar-refractivity contribution < 1.29 is 9.62 Å². The Bertz CT molecular complexity index is 628. The highest BCUT2D eigenvalue weighted by molar-refractivity contribution is 6.11. The molecule has 1 aromatic heterocycles. The van der Waals surface area contributed by atoms with Gasteiger partial charge in [-0.1, -0.05) is 30.3 Å². The molecule has 3 rings (SSSR count). The average Bonchev–Trinajstić information content (AvgIpc) is 2.72. The van der Waals surface area contributed by atoms with Gasteiger partial charge in [-0.25, -0.2) is 0 Å². The third kappa shape index (κ3) is 1.10. The van der Waals surface area contributed by atoms with Gasteiger partial charge >= 0.3 is 0 Å². The van der Waals surface area contributed by atoms with Crippen LogP contribution < -0.4 is 5.48 Å². The molecule has 0 atom stereocenters. The molecule has 0 aliphatic carbocycles. The van der Waals surface area contributed by atoms with Gasteiger partial charge in [-0.05, 0) is 16.8 Å². The van der Waals surface area contributed by atoms with Gasteiger partial charge in [-0.2, -0.15) is 0 Å². The number of rotatable bonds is 1. The van der Waals surface area contributed by atoms with E-state index in [4.69, 9.17) is 9.62 Å². The van der Waals surface area contributed by atoms with Crippen LogP contribution >= 0.6 is 0 Å². The predicted octanol–water partition coefficient (Wildman–Crippen LogP) is 3.39. The summed E-state index contributed by atoms with van der Waals surface area (Å²) in [5, 5.41) is 12.1. The lowest BCUT2D eigenvalue weighted by Crippen LogP contribution is -1.86. The zero-order valence-corrected chi connectivity index (χ0v) is 7.90. The zero-order valence-electron chi connectivity index (χ0n) is 7.90. The number of fused-ring (bicyclic) bond motifs is 3. The SMILES string of the molecule is ONc1coc2ccc3ccccc3c12. The summed E-state index contributed by atoms with van der Waals surface area (Å²) in [6.45, 7) is 0. The summed E-state index contributed by atoms with van der Waals surface area (Å²) in [6.07, 6.45) is 1.51. The molecule has 15 heavy (non-hydrogen) atoms.